The highest BCUT2D eigenvalue weighted by atomic mass is 16.3. The molecule has 118 valence electrons. The predicted molar refractivity (Wildman–Crippen MR) is 80.7 cm³/mol. The van der Waals surface area contributed by atoms with E-state index in [1.807, 2.05) is 19.1 Å². The molecule has 5 nitrogen and oxygen atoms in total. The molecule has 1 aliphatic rings. The number of aliphatic hydroxyl groups is 2. The van der Waals surface area contributed by atoms with E-state index in [0.29, 0.717) is 6.42 Å². The van der Waals surface area contributed by atoms with Crippen LogP contribution in [0.25, 0.3) is 0 Å². The highest BCUT2D eigenvalue weighted by Gasteiger charge is 2.45. The first-order valence-corrected chi connectivity index (χ1v) is 7.36. The molecule has 0 aromatic rings. The Balaban J connectivity index is 2.89. The van der Waals surface area contributed by atoms with Crippen LogP contribution in [0.15, 0.2) is 23.5 Å². The van der Waals surface area contributed by atoms with Crippen molar-refractivity contribution in [1.29, 1.82) is 0 Å². The number of unbranched alkanes of at least 4 members (excludes halogenated alkanes) is 1. The molecule has 0 spiro atoms. The fourth-order valence-electron chi connectivity index (χ4n) is 2.60. The van der Waals surface area contributed by atoms with Crippen LogP contribution in [0.3, 0.4) is 0 Å². The van der Waals surface area contributed by atoms with Crippen molar-refractivity contribution in [2.75, 3.05) is 7.05 Å². The fourth-order valence-corrected chi connectivity index (χ4v) is 2.60. The molecular formula is C16H25NO4. The van der Waals surface area contributed by atoms with Gasteiger partial charge in [0.25, 0.3) is 5.91 Å². The van der Waals surface area contributed by atoms with Gasteiger partial charge in [-0.25, -0.2) is 0 Å². The average molecular weight is 295 g/mol. The van der Waals surface area contributed by atoms with E-state index in [9.17, 15) is 19.8 Å². The summed E-state index contributed by atoms with van der Waals surface area (Å²) in [5.41, 5.74) is -0.165. The summed E-state index contributed by atoms with van der Waals surface area (Å²) in [6.07, 6.45) is 5.53. The average Bonchev–Trinajstić information content (AvgIpc) is 2.64. The number of nitrogens with zero attached hydrogens (tertiary/aromatic N) is 1. The smallest absolute Gasteiger partial charge is 0.261 e. The van der Waals surface area contributed by atoms with E-state index in [0.717, 1.165) is 12.8 Å². The van der Waals surface area contributed by atoms with Gasteiger partial charge in [-0.3, -0.25) is 9.59 Å². The molecule has 0 saturated carbocycles. The van der Waals surface area contributed by atoms with E-state index >= 15 is 0 Å². The number of carbonyl (C=O) groups excluding carboxylic acids is 2. The Morgan fingerprint density at radius 3 is 2.48 bits per heavy atom. The topological polar surface area (TPSA) is 77.8 Å². The summed E-state index contributed by atoms with van der Waals surface area (Å²) < 4.78 is 0. The zero-order valence-electron chi connectivity index (χ0n) is 13.2. The third-order valence-corrected chi connectivity index (χ3v) is 3.89. The van der Waals surface area contributed by atoms with Gasteiger partial charge < -0.3 is 15.1 Å². The molecular weight excluding hydrogens is 270 g/mol. The Labute approximate surface area is 125 Å². The van der Waals surface area contributed by atoms with Crippen molar-refractivity contribution in [2.45, 2.75) is 52.2 Å². The van der Waals surface area contributed by atoms with Crippen LogP contribution >= 0.6 is 0 Å². The van der Waals surface area contributed by atoms with Crippen molar-refractivity contribution in [1.82, 2.24) is 4.90 Å². The van der Waals surface area contributed by atoms with Crippen molar-refractivity contribution in [3.05, 3.63) is 23.5 Å². The van der Waals surface area contributed by atoms with Gasteiger partial charge in [-0.1, -0.05) is 19.1 Å². The maximum absolute atomic E-state index is 12.2. The number of ketones is 1. The molecule has 0 bridgehead atoms. The van der Waals surface area contributed by atoms with Crippen LogP contribution in [-0.2, 0) is 9.59 Å². The van der Waals surface area contributed by atoms with Crippen LogP contribution in [0, 0.1) is 5.92 Å². The van der Waals surface area contributed by atoms with Crippen LogP contribution in [0.2, 0.25) is 0 Å². The van der Waals surface area contributed by atoms with Gasteiger partial charge in [-0.2, -0.15) is 0 Å². The van der Waals surface area contributed by atoms with E-state index in [4.69, 9.17) is 0 Å². The lowest BCUT2D eigenvalue weighted by Crippen LogP contribution is -2.40. The van der Waals surface area contributed by atoms with Gasteiger partial charge in [0, 0.05) is 13.0 Å². The molecule has 1 fully saturated rings. The highest BCUT2D eigenvalue weighted by Crippen LogP contribution is 2.28. The van der Waals surface area contributed by atoms with Crippen molar-refractivity contribution < 1.29 is 19.8 Å². The third-order valence-electron chi connectivity index (χ3n) is 3.89. The molecule has 3 atom stereocenters. The maximum Gasteiger partial charge on any atom is 0.261 e. The molecule has 0 aromatic heterocycles. The number of aliphatic hydroxyl groups excluding tert-OH is 2. The van der Waals surface area contributed by atoms with E-state index < -0.39 is 23.8 Å². The van der Waals surface area contributed by atoms with Crippen LogP contribution in [-0.4, -0.2) is 46.0 Å². The lowest BCUT2D eigenvalue weighted by molar-refractivity contribution is -0.128. The number of amides is 1. The molecule has 0 aliphatic carbocycles. The second-order valence-corrected chi connectivity index (χ2v) is 5.63. The fraction of sp³-hybridized carbons (Fsp3) is 0.625. The Hall–Kier alpha value is -1.62. The summed E-state index contributed by atoms with van der Waals surface area (Å²) >= 11 is 0. The summed E-state index contributed by atoms with van der Waals surface area (Å²) in [6.45, 7) is 5.21. The molecule has 21 heavy (non-hydrogen) atoms. The number of hydrogen-bond acceptors (Lipinski definition) is 4. The molecule has 2 N–H and O–H groups in total. The standard InChI is InChI=1S/C16H25NO4/c1-5-6-7-8-9-10(2)14(19)12-15(20)13(11(3)18)17(4)16(12)21/h5-6,10-11,13,18-19H,7-9H2,1-4H3/b6-5+,14-12-/t10?,11?,13-/m1/s1. The molecule has 1 heterocycles. The van der Waals surface area contributed by atoms with Gasteiger partial charge in [-0.05, 0) is 33.1 Å². The number of allylic oxidation sites excluding steroid dienone is 3. The lowest BCUT2D eigenvalue weighted by Gasteiger charge is -2.19. The van der Waals surface area contributed by atoms with Crippen LogP contribution < -0.4 is 0 Å². The first-order valence-electron chi connectivity index (χ1n) is 7.36. The normalized spacial score (nSPS) is 24.8. The molecule has 0 aromatic carbocycles. The van der Waals surface area contributed by atoms with Crippen molar-refractivity contribution >= 4 is 11.7 Å². The minimum atomic E-state index is -0.957. The number of hydrogen-bond donors (Lipinski definition) is 2. The number of rotatable bonds is 6. The molecule has 0 radical (unpaired) electrons. The first kappa shape index (κ1) is 17.4. The summed E-state index contributed by atoms with van der Waals surface area (Å²) in [5, 5.41) is 19.9. The molecule has 1 aliphatic heterocycles. The quantitative estimate of drug-likeness (QED) is 0.258. The molecule has 1 amide bonds. The zero-order valence-corrected chi connectivity index (χ0v) is 13.2. The summed E-state index contributed by atoms with van der Waals surface area (Å²) in [7, 11) is 1.47. The van der Waals surface area contributed by atoms with Gasteiger partial charge in [0.2, 0.25) is 0 Å². The Morgan fingerprint density at radius 1 is 1.38 bits per heavy atom. The van der Waals surface area contributed by atoms with E-state index in [1.165, 1.54) is 18.9 Å². The highest BCUT2D eigenvalue weighted by molar-refractivity contribution is 6.26. The maximum atomic E-state index is 12.2. The summed E-state index contributed by atoms with van der Waals surface area (Å²) in [6, 6.07) is -0.898. The van der Waals surface area contributed by atoms with Gasteiger partial charge in [-0.15, -0.1) is 0 Å². The van der Waals surface area contributed by atoms with E-state index in [2.05, 4.69) is 0 Å². The Morgan fingerprint density at radius 2 is 2.00 bits per heavy atom. The Kier molecular flexibility index (Phi) is 6.15. The second kappa shape index (κ2) is 7.41. The van der Waals surface area contributed by atoms with Gasteiger partial charge in [0.1, 0.15) is 17.4 Å². The van der Waals surface area contributed by atoms with Crippen LogP contribution in [0.4, 0.5) is 0 Å². The monoisotopic (exact) mass is 295 g/mol. The van der Waals surface area contributed by atoms with Gasteiger partial charge in [0.05, 0.1) is 6.10 Å². The van der Waals surface area contributed by atoms with Crippen molar-refractivity contribution in [3.8, 4) is 0 Å². The number of likely N-dealkylation sites (N-methyl/N-ethyl adjacent to an activating group) is 1. The largest absolute Gasteiger partial charge is 0.511 e. The predicted octanol–water partition coefficient (Wildman–Crippen LogP) is 1.97. The van der Waals surface area contributed by atoms with E-state index in [-0.39, 0.29) is 17.3 Å². The molecule has 1 saturated heterocycles. The van der Waals surface area contributed by atoms with Crippen molar-refractivity contribution in [3.63, 3.8) is 0 Å². The molecule has 5 heteroatoms. The van der Waals surface area contributed by atoms with Crippen LogP contribution in [0.5, 0.6) is 0 Å². The molecule has 2 unspecified atom stereocenters. The zero-order chi connectivity index (χ0) is 16.2. The number of carbonyl (C=O) groups is 2. The number of likely N-dealkylation sites (tertiary alicyclic amines) is 1. The first-order chi connectivity index (χ1) is 9.82. The SMILES string of the molecule is C/C=C/CCCC(C)/C(O)=C1\C(=O)[C@@H](C(C)O)N(C)C1=O. The minimum Gasteiger partial charge on any atom is -0.511 e. The van der Waals surface area contributed by atoms with Gasteiger partial charge >= 0.3 is 0 Å². The summed E-state index contributed by atoms with van der Waals surface area (Å²) in [4.78, 5) is 25.6. The Bertz CT molecular complexity index is 465. The van der Waals surface area contributed by atoms with Crippen molar-refractivity contribution in [2.24, 2.45) is 5.92 Å². The second-order valence-electron chi connectivity index (χ2n) is 5.63. The molecule has 1 rings (SSSR count). The van der Waals surface area contributed by atoms with E-state index in [1.54, 1.807) is 6.92 Å². The third kappa shape index (κ3) is 3.73. The number of Topliss-reactive ketones (excluding diaryl/α,β-unsaturated/α-hetero) is 1. The minimum absolute atomic E-state index is 0.152. The summed E-state index contributed by atoms with van der Waals surface area (Å²) in [5.74, 6) is -1.40. The lowest BCUT2D eigenvalue weighted by atomic mass is 9.95. The van der Waals surface area contributed by atoms with Gasteiger partial charge in [0.15, 0.2) is 5.78 Å². The van der Waals surface area contributed by atoms with Crippen LogP contribution in [0.1, 0.15) is 40.0 Å².